The summed E-state index contributed by atoms with van der Waals surface area (Å²) < 4.78 is 0. The van der Waals surface area contributed by atoms with Crippen LogP contribution in [-0.4, -0.2) is 27.3 Å². The van der Waals surface area contributed by atoms with Gasteiger partial charge < -0.3 is 10.6 Å². The first-order valence-electron chi connectivity index (χ1n) is 6.85. The van der Waals surface area contributed by atoms with E-state index in [4.69, 9.17) is 5.73 Å². The lowest BCUT2D eigenvalue weighted by molar-refractivity contribution is -0.126. The number of fused-ring (bicyclic) bond motifs is 1. The highest BCUT2D eigenvalue weighted by Crippen LogP contribution is 2.17. The maximum absolute atomic E-state index is 12.2. The zero-order chi connectivity index (χ0) is 14.7. The summed E-state index contributed by atoms with van der Waals surface area (Å²) in [5, 5.41) is 0. The fourth-order valence-corrected chi connectivity index (χ4v) is 2.34. The zero-order valence-electron chi connectivity index (χ0n) is 11.6. The number of nitrogen functional groups attached to an aromatic ring is 1. The SMILES string of the molecule is Nc1ncc2c(n1)CN(C(=O)/C=C/c1ccccc1)CC2. The first-order valence-corrected chi connectivity index (χ1v) is 6.85. The second-order valence-electron chi connectivity index (χ2n) is 4.95. The average molecular weight is 280 g/mol. The van der Waals surface area contributed by atoms with Crippen LogP contribution < -0.4 is 5.73 Å². The van der Waals surface area contributed by atoms with Gasteiger partial charge in [-0.05, 0) is 23.6 Å². The molecule has 5 heteroatoms. The number of anilines is 1. The largest absolute Gasteiger partial charge is 0.368 e. The van der Waals surface area contributed by atoms with Crippen molar-refractivity contribution in [2.75, 3.05) is 12.3 Å². The molecule has 2 N–H and O–H groups in total. The van der Waals surface area contributed by atoms with Crippen molar-refractivity contribution in [2.45, 2.75) is 13.0 Å². The Labute approximate surface area is 123 Å². The second-order valence-corrected chi connectivity index (χ2v) is 4.95. The van der Waals surface area contributed by atoms with Crippen LogP contribution >= 0.6 is 0 Å². The molecule has 21 heavy (non-hydrogen) atoms. The maximum Gasteiger partial charge on any atom is 0.246 e. The summed E-state index contributed by atoms with van der Waals surface area (Å²) >= 11 is 0. The van der Waals surface area contributed by atoms with Crippen molar-refractivity contribution in [1.82, 2.24) is 14.9 Å². The Balaban J connectivity index is 1.71. The molecule has 0 saturated carbocycles. The Morgan fingerprint density at radius 3 is 2.90 bits per heavy atom. The van der Waals surface area contributed by atoms with E-state index in [0.717, 1.165) is 23.2 Å². The van der Waals surface area contributed by atoms with Crippen molar-refractivity contribution in [3.8, 4) is 0 Å². The molecule has 0 bridgehead atoms. The van der Waals surface area contributed by atoms with Crippen molar-refractivity contribution < 1.29 is 4.79 Å². The molecule has 2 aromatic rings. The first kappa shape index (κ1) is 13.3. The molecule has 0 atom stereocenters. The van der Waals surface area contributed by atoms with Gasteiger partial charge in [0.25, 0.3) is 0 Å². The van der Waals surface area contributed by atoms with Gasteiger partial charge in [0.05, 0.1) is 12.2 Å². The molecule has 5 nitrogen and oxygen atoms in total. The topological polar surface area (TPSA) is 72.1 Å². The molecule has 0 fully saturated rings. The van der Waals surface area contributed by atoms with Crippen LogP contribution in [0.1, 0.15) is 16.8 Å². The molecule has 1 aromatic heterocycles. The normalized spacial score (nSPS) is 14.2. The smallest absolute Gasteiger partial charge is 0.246 e. The Morgan fingerprint density at radius 2 is 2.10 bits per heavy atom. The average Bonchev–Trinajstić information content (AvgIpc) is 2.53. The van der Waals surface area contributed by atoms with Crippen LogP contribution in [0, 0.1) is 0 Å². The molecule has 1 aromatic carbocycles. The van der Waals surface area contributed by atoms with E-state index in [-0.39, 0.29) is 11.9 Å². The lowest BCUT2D eigenvalue weighted by Gasteiger charge is -2.26. The summed E-state index contributed by atoms with van der Waals surface area (Å²) in [6.07, 6.45) is 5.94. The van der Waals surface area contributed by atoms with E-state index in [0.29, 0.717) is 13.1 Å². The van der Waals surface area contributed by atoms with Gasteiger partial charge in [-0.25, -0.2) is 9.97 Å². The molecule has 3 rings (SSSR count). The molecular formula is C16H16N4O. The molecule has 0 radical (unpaired) electrons. The van der Waals surface area contributed by atoms with Crippen molar-refractivity contribution in [3.05, 3.63) is 59.4 Å². The summed E-state index contributed by atoms with van der Waals surface area (Å²) in [6.45, 7) is 1.16. The minimum Gasteiger partial charge on any atom is -0.368 e. The Bertz CT molecular complexity index is 682. The summed E-state index contributed by atoms with van der Waals surface area (Å²) in [6, 6.07) is 9.76. The van der Waals surface area contributed by atoms with Gasteiger partial charge in [-0.3, -0.25) is 4.79 Å². The van der Waals surface area contributed by atoms with Gasteiger partial charge >= 0.3 is 0 Å². The van der Waals surface area contributed by atoms with Gasteiger partial charge in [0.1, 0.15) is 0 Å². The molecule has 1 aliphatic rings. The number of benzene rings is 1. The van der Waals surface area contributed by atoms with E-state index in [9.17, 15) is 4.79 Å². The Hall–Kier alpha value is -2.69. The van der Waals surface area contributed by atoms with Gasteiger partial charge in [-0.2, -0.15) is 0 Å². The molecular weight excluding hydrogens is 264 g/mol. The third-order valence-electron chi connectivity index (χ3n) is 3.49. The zero-order valence-corrected chi connectivity index (χ0v) is 11.6. The van der Waals surface area contributed by atoms with E-state index in [1.165, 1.54) is 0 Å². The number of hydrogen-bond acceptors (Lipinski definition) is 4. The summed E-state index contributed by atoms with van der Waals surface area (Å²) in [5.41, 5.74) is 8.52. The molecule has 0 saturated heterocycles. The van der Waals surface area contributed by atoms with E-state index in [2.05, 4.69) is 9.97 Å². The van der Waals surface area contributed by atoms with Crippen LogP contribution in [0.4, 0.5) is 5.95 Å². The van der Waals surface area contributed by atoms with Crippen LogP contribution in [0.2, 0.25) is 0 Å². The lowest BCUT2D eigenvalue weighted by Crippen LogP contribution is -2.35. The molecule has 106 valence electrons. The van der Waals surface area contributed by atoms with Gasteiger partial charge in [-0.15, -0.1) is 0 Å². The van der Waals surface area contributed by atoms with Crippen molar-refractivity contribution in [1.29, 1.82) is 0 Å². The number of carbonyl (C=O) groups excluding carboxylic acids is 1. The van der Waals surface area contributed by atoms with E-state index in [1.54, 1.807) is 17.2 Å². The van der Waals surface area contributed by atoms with Crippen LogP contribution in [0.3, 0.4) is 0 Å². The predicted octanol–water partition coefficient (Wildman–Crippen LogP) is 1.66. The van der Waals surface area contributed by atoms with E-state index >= 15 is 0 Å². The summed E-state index contributed by atoms with van der Waals surface area (Å²) in [7, 11) is 0. The number of rotatable bonds is 2. The monoisotopic (exact) mass is 280 g/mol. The molecule has 0 spiro atoms. The molecule has 1 aliphatic heterocycles. The van der Waals surface area contributed by atoms with Gasteiger partial charge in [0.15, 0.2) is 0 Å². The number of hydrogen-bond donors (Lipinski definition) is 1. The highest BCUT2D eigenvalue weighted by Gasteiger charge is 2.20. The Morgan fingerprint density at radius 1 is 1.29 bits per heavy atom. The third kappa shape index (κ3) is 3.08. The van der Waals surface area contributed by atoms with E-state index < -0.39 is 0 Å². The fraction of sp³-hybridized carbons (Fsp3) is 0.188. The van der Waals surface area contributed by atoms with Crippen molar-refractivity contribution in [3.63, 3.8) is 0 Å². The fourth-order valence-electron chi connectivity index (χ4n) is 2.34. The lowest BCUT2D eigenvalue weighted by atomic mass is 10.1. The van der Waals surface area contributed by atoms with Crippen LogP contribution in [-0.2, 0) is 17.8 Å². The Kier molecular flexibility index (Phi) is 3.64. The molecule has 1 amide bonds. The number of amides is 1. The van der Waals surface area contributed by atoms with Crippen molar-refractivity contribution in [2.24, 2.45) is 0 Å². The minimum absolute atomic E-state index is 0.0123. The maximum atomic E-state index is 12.2. The second kappa shape index (κ2) is 5.75. The number of aromatic nitrogens is 2. The van der Waals surface area contributed by atoms with Crippen LogP contribution in [0.25, 0.3) is 6.08 Å². The minimum atomic E-state index is -0.0123. The van der Waals surface area contributed by atoms with Gasteiger partial charge in [0.2, 0.25) is 11.9 Å². The standard InChI is InChI=1S/C16H16N4O/c17-16-18-10-13-8-9-20(11-14(13)19-16)15(21)7-6-12-4-2-1-3-5-12/h1-7,10H,8-9,11H2,(H2,17,18,19)/b7-6+. The van der Waals surface area contributed by atoms with Crippen LogP contribution in [0.15, 0.2) is 42.6 Å². The highest BCUT2D eigenvalue weighted by molar-refractivity contribution is 5.91. The molecule has 2 heterocycles. The number of nitrogens with zero attached hydrogens (tertiary/aromatic N) is 3. The van der Waals surface area contributed by atoms with Gasteiger partial charge in [-0.1, -0.05) is 30.3 Å². The third-order valence-corrected chi connectivity index (χ3v) is 3.49. The predicted molar refractivity (Wildman–Crippen MR) is 81.0 cm³/mol. The summed E-state index contributed by atoms with van der Waals surface area (Å²) in [4.78, 5) is 22.2. The molecule has 0 aliphatic carbocycles. The van der Waals surface area contributed by atoms with Gasteiger partial charge in [0, 0.05) is 18.8 Å². The van der Waals surface area contributed by atoms with Crippen molar-refractivity contribution >= 4 is 17.9 Å². The highest BCUT2D eigenvalue weighted by atomic mass is 16.2. The number of nitrogens with two attached hydrogens (primary N) is 1. The molecule has 0 unspecified atom stereocenters. The number of carbonyl (C=O) groups is 1. The summed E-state index contributed by atoms with van der Waals surface area (Å²) in [5.74, 6) is 0.240. The van der Waals surface area contributed by atoms with Crippen LogP contribution in [0.5, 0.6) is 0 Å². The first-order chi connectivity index (χ1) is 10.2. The quantitative estimate of drug-likeness (QED) is 0.849. The van der Waals surface area contributed by atoms with E-state index in [1.807, 2.05) is 36.4 Å².